The number of rotatable bonds is 5. The second-order valence-corrected chi connectivity index (χ2v) is 5.06. The second-order valence-electron chi connectivity index (χ2n) is 5.06. The predicted molar refractivity (Wildman–Crippen MR) is 71.7 cm³/mol. The molecule has 0 spiro atoms. The summed E-state index contributed by atoms with van der Waals surface area (Å²) < 4.78 is 0.479. The third-order valence-electron chi connectivity index (χ3n) is 2.14. The van der Waals surface area contributed by atoms with Crippen LogP contribution in [-0.2, 0) is 4.79 Å². The van der Waals surface area contributed by atoms with Gasteiger partial charge in [-0.1, -0.05) is 12.1 Å². The summed E-state index contributed by atoms with van der Waals surface area (Å²) in [7, 11) is 5.64. The van der Waals surface area contributed by atoms with Gasteiger partial charge in [0.25, 0.3) is 11.6 Å². The molecule has 0 unspecified atom stereocenters. The van der Waals surface area contributed by atoms with Gasteiger partial charge in [-0.15, -0.1) is 0 Å². The number of nitrogens with zero attached hydrogens (tertiary/aromatic N) is 3. The normalized spacial score (nSPS) is 11.5. The van der Waals surface area contributed by atoms with E-state index in [1.807, 2.05) is 21.1 Å². The van der Waals surface area contributed by atoms with E-state index < -0.39 is 4.92 Å². The Bertz CT molecular complexity index is 506. The lowest BCUT2D eigenvalue weighted by Gasteiger charge is -2.21. The first-order valence-corrected chi connectivity index (χ1v) is 5.65. The highest BCUT2D eigenvalue weighted by atomic mass is 16.6. The first-order valence-electron chi connectivity index (χ1n) is 5.65. The van der Waals surface area contributed by atoms with E-state index in [4.69, 9.17) is 0 Å². The summed E-state index contributed by atoms with van der Waals surface area (Å²) >= 11 is 0. The lowest BCUT2D eigenvalue weighted by Crippen LogP contribution is -2.43. The summed E-state index contributed by atoms with van der Waals surface area (Å²) in [5.41, 5.74) is 2.64. The number of para-hydroxylation sites is 1. The van der Waals surface area contributed by atoms with Crippen molar-refractivity contribution in [3.05, 3.63) is 39.9 Å². The maximum absolute atomic E-state index is 11.5. The molecule has 0 aliphatic heterocycles. The molecular weight excluding hydrogens is 248 g/mol. The van der Waals surface area contributed by atoms with Crippen LogP contribution in [0.25, 0.3) is 0 Å². The largest absolute Gasteiger partial charge is 0.323 e. The number of hydrogen-bond acceptors (Lipinski definition) is 4. The maximum atomic E-state index is 11.5. The van der Waals surface area contributed by atoms with Crippen LogP contribution in [-0.4, -0.2) is 49.2 Å². The number of benzene rings is 1. The molecule has 1 amide bonds. The van der Waals surface area contributed by atoms with Crippen molar-refractivity contribution >= 4 is 17.8 Å². The number of amides is 1. The zero-order chi connectivity index (χ0) is 14.5. The quantitative estimate of drug-likeness (QED) is 0.369. The van der Waals surface area contributed by atoms with E-state index in [0.29, 0.717) is 10.0 Å². The van der Waals surface area contributed by atoms with E-state index in [1.54, 1.807) is 18.2 Å². The molecule has 1 rings (SSSR count). The van der Waals surface area contributed by atoms with Crippen LogP contribution in [0.1, 0.15) is 5.56 Å². The average molecular weight is 265 g/mol. The van der Waals surface area contributed by atoms with Gasteiger partial charge in [0.2, 0.25) is 0 Å². The molecule has 0 atom stereocenters. The van der Waals surface area contributed by atoms with Gasteiger partial charge in [-0.3, -0.25) is 14.9 Å². The summed E-state index contributed by atoms with van der Waals surface area (Å²) in [6.07, 6.45) is 1.27. The first-order chi connectivity index (χ1) is 8.79. The highest BCUT2D eigenvalue weighted by Crippen LogP contribution is 2.14. The number of likely N-dealkylation sites (N-methyl/N-ethyl adjacent to an activating group) is 1. The van der Waals surface area contributed by atoms with Crippen molar-refractivity contribution in [1.29, 1.82) is 0 Å². The molecule has 1 aromatic carbocycles. The molecular formula is C12H17N4O3+. The number of nitro benzene ring substituents is 1. The van der Waals surface area contributed by atoms with Crippen LogP contribution in [0.2, 0.25) is 0 Å². The fourth-order valence-electron chi connectivity index (χ4n) is 1.40. The van der Waals surface area contributed by atoms with Crippen molar-refractivity contribution in [1.82, 2.24) is 5.43 Å². The molecule has 0 aliphatic rings. The molecule has 0 radical (unpaired) electrons. The van der Waals surface area contributed by atoms with Crippen molar-refractivity contribution in [2.75, 3.05) is 27.7 Å². The summed E-state index contributed by atoms with van der Waals surface area (Å²) in [6, 6.07) is 6.19. The van der Waals surface area contributed by atoms with Crippen LogP contribution < -0.4 is 5.43 Å². The standard InChI is InChI=1S/C12H16N4O3/c1-16(2,3)9-12(17)14-13-8-10-6-4-5-7-11(10)15(18)19/h4-8H,9H2,1-3H3/p+1/b13-8+. The zero-order valence-electron chi connectivity index (χ0n) is 11.2. The van der Waals surface area contributed by atoms with E-state index in [9.17, 15) is 14.9 Å². The summed E-state index contributed by atoms with van der Waals surface area (Å²) in [4.78, 5) is 21.8. The van der Waals surface area contributed by atoms with E-state index in [1.165, 1.54) is 12.3 Å². The van der Waals surface area contributed by atoms with Gasteiger partial charge in [0.1, 0.15) is 0 Å². The second kappa shape index (κ2) is 6.05. The van der Waals surface area contributed by atoms with Crippen LogP contribution in [0, 0.1) is 10.1 Å². The molecule has 1 N–H and O–H groups in total. The van der Waals surface area contributed by atoms with Gasteiger partial charge >= 0.3 is 0 Å². The summed E-state index contributed by atoms with van der Waals surface area (Å²) in [5.74, 6) is -0.248. The Morgan fingerprint density at radius 1 is 1.42 bits per heavy atom. The zero-order valence-corrected chi connectivity index (χ0v) is 11.2. The Kier molecular flexibility index (Phi) is 4.71. The first kappa shape index (κ1) is 14.8. The molecule has 19 heavy (non-hydrogen) atoms. The highest BCUT2D eigenvalue weighted by Gasteiger charge is 2.14. The van der Waals surface area contributed by atoms with E-state index in [0.717, 1.165) is 0 Å². The number of quaternary nitrogens is 1. The van der Waals surface area contributed by atoms with Gasteiger partial charge in [-0.25, -0.2) is 5.43 Å². The highest BCUT2D eigenvalue weighted by molar-refractivity contribution is 5.86. The monoisotopic (exact) mass is 265 g/mol. The number of carbonyl (C=O) groups excluding carboxylic acids is 1. The summed E-state index contributed by atoms with van der Waals surface area (Å²) in [6.45, 7) is 0.272. The van der Waals surface area contributed by atoms with Gasteiger partial charge in [0.05, 0.1) is 37.8 Å². The molecule has 0 heterocycles. The van der Waals surface area contributed by atoms with Crippen LogP contribution in [0.3, 0.4) is 0 Å². The number of nitrogens with one attached hydrogen (secondary N) is 1. The minimum Gasteiger partial charge on any atom is -0.323 e. The van der Waals surface area contributed by atoms with Crippen molar-refractivity contribution < 1.29 is 14.2 Å². The van der Waals surface area contributed by atoms with Gasteiger partial charge < -0.3 is 4.48 Å². The number of nitro groups is 1. The molecule has 0 saturated carbocycles. The fourth-order valence-corrected chi connectivity index (χ4v) is 1.40. The van der Waals surface area contributed by atoms with Crippen molar-refractivity contribution in [2.24, 2.45) is 5.10 Å². The van der Waals surface area contributed by atoms with Crippen molar-refractivity contribution in [2.45, 2.75) is 0 Å². The predicted octanol–water partition coefficient (Wildman–Crippen LogP) is 0.751. The van der Waals surface area contributed by atoms with Crippen LogP contribution in [0.15, 0.2) is 29.4 Å². The molecule has 102 valence electrons. The molecule has 1 aromatic rings. The third kappa shape index (κ3) is 5.26. The minimum atomic E-state index is -0.491. The molecule has 0 aliphatic carbocycles. The van der Waals surface area contributed by atoms with Crippen LogP contribution in [0.5, 0.6) is 0 Å². The van der Waals surface area contributed by atoms with Crippen molar-refractivity contribution in [3.63, 3.8) is 0 Å². The SMILES string of the molecule is C[N+](C)(C)CC(=O)N/N=C/c1ccccc1[N+](=O)[O-]. The average Bonchev–Trinajstić information content (AvgIpc) is 2.27. The van der Waals surface area contributed by atoms with Gasteiger partial charge in [0.15, 0.2) is 6.54 Å². The van der Waals surface area contributed by atoms with Gasteiger partial charge in [0, 0.05) is 6.07 Å². The Morgan fingerprint density at radius 3 is 2.63 bits per heavy atom. The Morgan fingerprint density at radius 2 is 2.05 bits per heavy atom. The van der Waals surface area contributed by atoms with Crippen LogP contribution in [0.4, 0.5) is 5.69 Å². The van der Waals surface area contributed by atoms with Gasteiger partial charge in [-0.2, -0.15) is 5.10 Å². The molecule has 0 saturated heterocycles. The summed E-state index contributed by atoms with van der Waals surface area (Å²) in [5, 5.41) is 14.5. The van der Waals surface area contributed by atoms with Gasteiger partial charge in [-0.05, 0) is 6.07 Å². The smallest absolute Gasteiger partial charge is 0.295 e. The Hall–Kier alpha value is -2.28. The Labute approximate surface area is 111 Å². The Balaban J connectivity index is 2.68. The molecule has 7 heteroatoms. The molecule has 0 bridgehead atoms. The number of carbonyl (C=O) groups is 1. The van der Waals surface area contributed by atoms with Crippen molar-refractivity contribution in [3.8, 4) is 0 Å². The fraction of sp³-hybridized carbons (Fsp3) is 0.333. The lowest BCUT2D eigenvalue weighted by molar-refractivity contribution is -0.862. The number of hydrogen-bond donors (Lipinski definition) is 1. The topological polar surface area (TPSA) is 84.6 Å². The lowest BCUT2D eigenvalue weighted by atomic mass is 10.2. The molecule has 0 aromatic heterocycles. The van der Waals surface area contributed by atoms with E-state index >= 15 is 0 Å². The number of hydrazone groups is 1. The van der Waals surface area contributed by atoms with E-state index in [2.05, 4.69) is 10.5 Å². The maximum Gasteiger partial charge on any atom is 0.295 e. The van der Waals surface area contributed by atoms with Crippen LogP contribution >= 0.6 is 0 Å². The third-order valence-corrected chi connectivity index (χ3v) is 2.14. The minimum absolute atomic E-state index is 0.0490. The molecule has 7 nitrogen and oxygen atoms in total. The van der Waals surface area contributed by atoms with E-state index in [-0.39, 0.29) is 18.1 Å². The molecule has 0 fully saturated rings.